The van der Waals surface area contributed by atoms with Crippen LogP contribution in [0.4, 0.5) is 5.69 Å². The quantitative estimate of drug-likeness (QED) is 0.215. The van der Waals surface area contributed by atoms with Gasteiger partial charge in [0.1, 0.15) is 5.75 Å². The number of phenolic OH excluding ortho intramolecular Hbond substituents is 1. The number of aliphatic hydroxyl groups excluding tert-OH is 1. The Morgan fingerprint density at radius 1 is 1.04 bits per heavy atom. The smallest absolute Gasteiger partial charge is 0.235 e. The first-order valence-corrected chi connectivity index (χ1v) is 15.3. The second-order valence-corrected chi connectivity index (χ2v) is 13.0. The number of benzene rings is 2. The number of aliphatic hydroxyl groups is 2. The molecule has 1 saturated heterocycles. The Balaban J connectivity index is 1.26. The van der Waals surface area contributed by atoms with E-state index in [4.69, 9.17) is 5.73 Å². The Bertz CT molecular complexity index is 1570. The van der Waals surface area contributed by atoms with Crippen molar-refractivity contribution < 1.29 is 39.3 Å². The molecule has 7 atom stereocenters. The lowest BCUT2D eigenvalue weighted by Crippen LogP contribution is -2.77. The zero-order valence-corrected chi connectivity index (χ0v) is 25.2. The van der Waals surface area contributed by atoms with Gasteiger partial charge < -0.3 is 26.4 Å². The molecule has 1 amide bonds. The Kier molecular flexibility index (Phi) is 7.88. The Hall–Kier alpha value is -3.97. The topological polar surface area (TPSA) is 191 Å². The highest BCUT2D eigenvalue weighted by Crippen LogP contribution is 2.51. The fraction of sp³-hybridized carbons (Fsp3) is 0.485. The lowest BCUT2D eigenvalue weighted by Gasteiger charge is -2.54. The monoisotopic (exact) mass is 618 g/mol. The van der Waals surface area contributed by atoms with E-state index in [1.165, 1.54) is 24.6 Å². The first kappa shape index (κ1) is 31.0. The maximum Gasteiger partial charge on any atom is 0.235 e. The van der Waals surface area contributed by atoms with Crippen LogP contribution in [0.5, 0.6) is 5.75 Å². The molecule has 6 rings (SSSR count). The van der Waals surface area contributed by atoms with Crippen LogP contribution < -0.4 is 11.1 Å². The van der Waals surface area contributed by atoms with Crippen LogP contribution in [0.25, 0.3) is 0 Å². The third-order valence-corrected chi connectivity index (χ3v) is 10.2. The molecule has 238 valence electrons. The van der Waals surface area contributed by atoms with E-state index >= 15 is 0 Å². The number of piperidine rings is 1. The highest BCUT2D eigenvalue weighted by atomic mass is 16.3. The zero-order chi connectivity index (χ0) is 32.4. The molecule has 3 aliphatic carbocycles. The number of likely N-dealkylation sites (N-methyl/N-ethyl adjacent to an activating group) is 1. The minimum Gasteiger partial charge on any atom is -0.505 e. The summed E-state index contributed by atoms with van der Waals surface area (Å²) in [5, 5.41) is 38.0. The van der Waals surface area contributed by atoms with Crippen molar-refractivity contribution in [3.8, 4) is 5.75 Å². The molecule has 0 bridgehead atoms. The van der Waals surface area contributed by atoms with Crippen molar-refractivity contribution in [2.75, 3.05) is 32.5 Å². The molecule has 3 fully saturated rings. The van der Waals surface area contributed by atoms with Crippen LogP contribution in [0.1, 0.15) is 34.3 Å². The summed E-state index contributed by atoms with van der Waals surface area (Å²) in [4.78, 5) is 70.5. The lowest BCUT2D eigenvalue weighted by atomic mass is 9.51. The molecule has 2 aromatic carbocycles. The first-order chi connectivity index (χ1) is 21.4. The molecule has 2 aromatic rings. The average Bonchev–Trinajstić information content (AvgIpc) is 3.00. The number of phenols is 1. The molecule has 6 N–H and O–H groups in total. The van der Waals surface area contributed by atoms with Gasteiger partial charge in [-0.05, 0) is 50.6 Å². The molecule has 2 unspecified atom stereocenters. The van der Waals surface area contributed by atoms with Crippen LogP contribution in [0.2, 0.25) is 0 Å². The number of primary amides is 1. The number of nitrogens with one attached hydrogen (secondary N) is 1. The molecule has 1 aliphatic heterocycles. The SMILES string of the molecule is CN(C)[C@H]1C(=O)C(C(N)=O)C(=O)[C@]2(O)C(=O)C3C(=O)c4c(ccc(NC5CCN(Cc6ccccc6)CC5)c4O)C[C@@H]3[C@@H](O)[C@H]12. The van der Waals surface area contributed by atoms with Gasteiger partial charge in [-0.2, -0.15) is 0 Å². The third-order valence-electron chi connectivity index (χ3n) is 10.2. The molecule has 0 radical (unpaired) electrons. The summed E-state index contributed by atoms with van der Waals surface area (Å²) < 4.78 is 0. The van der Waals surface area contributed by atoms with Crippen molar-refractivity contribution in [2.45, 2.75) is 49.6 Å². The van der Waals surface area contributed by atoms with Gasteiger partial charge in [-0.3, -0.25) is 33.8 Å². The van der Waals surface area contributed by atoms with Crippen molar-refractivity contribution in [1.82, 2.24) is 9.80 Å². The zero-order valence-electron chi connectivity index (χ0n) is 25.2. The highest BCUT2D eigenvalue weighted by Gasteiger charge is 2.72. The predicted octanol–water partition coefficient (Wildman–Crippen LogP) is -0.0857. The molecular weight excluding hydrogens is 580 g/mol. The van der Waals surface area contributed by atoms with Crippen molar-refractivity contribution in [2.24, 2.45) is 29.4 Å². The lowest BCUT2D eigenvalue weighted by molar-refractivity contribution is -0.195. The fourth-order valence-electron chi connectivity index (χ4n) is 8.00. The standard InChI is InChI=1S/C33H38N4O8/c1-36(2)25-24-26(38)19-14-17-8-9-20(35-18-10-12-37(13-11-18)15-16-6-4-3-5-7-16)27(39)21(17)28(40)22(19)30(42)33(24,45)31(43)23(29(25)41)32(34)44/h3-9,18-19,22-26,35,38-39,45H,10-15H2,1-2H3,(H2,34,44)/t19-,22?,23?,24-,25+,26+,33+/m0/s1. The van der Waals surface area contributed by atoms with E-state index in [9.17, 15) is 39.3 Å². The van der Waals surface area contributed by atoms with Crippen LogP contribution >= 0.6 is 0 Å². The molecule has 2 saturated carbocycles. The number of Topliss-reactive ketones (excluding diaryl/α,β-unsaturated/α-hetero) is 4. The van der Waals surface area contributed by atoms with Crippen LogP contribution in [0, 0.1) is 23.7 Å². The maximum atomic E-state index is 14.0. The van der Waals surface area contributed by atoms with Gasteiger partial charge in [0.2, 0.25) is 5.91 Å². The molecule has 12 heteroatoms. The third kappa shape index (κ3) is 4.87. The Morgan fingerprint density at radius 3 is 2.33 bits per heavy atom. The number of hydrogen-bond acceptors (Lipinski definition) is 11. The minimum absolute atomic E-state index is 0.0152. The normalized spacial score (nSPS) is 32.2. The van der Waals surface area contributed by atoms with Gasteiger partial charge in [-0.15, -0.1) is 0 Å². The number of hydrogen-bond donors (Lipinski definition) is 5. The number of nitrogens with two attached hydrogens (primary N) is 1. The van der Waals surface area contributed by atoms with E-state index in [0.29, 0.717) is 11.3 Å². The molecule has 1 heterocycles. The Morgan fingerprint density at radius 2 is 1.71 bits per heavy atom. The summed E-state index contributed by atoms with van der Waals surface area (Å²) in [6.45, 7) is 2.52. The summed E-state index contributed by atoms with van der Waals surface area (Å²) in [5.74, 6) is -12.5. The number of carbonyl (C=O) groups excluding carboxylic acids is 5. The van der Waals surface area contributed by atoms with Gasteiger partial charge in [0.15, 0.2) is 34.7 Å². The molecule has 0 spiro atoms. The summed E-state index contributed by atoms with van der Waals surface area (Å²) in [6, 6.07) is 12.2. The first-order valence-electron chi connectivity index (χ1n) is 15.3. The number of anilines is 1. The van der Waals surface area contributed by atoms with E-state index in [-0.39, 0.29) is 23.8 Å². The predicted molar refractivity (Wildman–Crippen MR) is 161 cm³/mol. The second-order valence-electron chi connectivity index (χ2n) is 13.0. The van der Waals surface area contributed by atoms with E-state index in [0.717, 1.165) is 32.5 Å². The number of amides is 1. The molecule has 0 aromatic heterocycles. The van der Waals surface area contributed by atoms with Crippen molar-refractivity contribution in [3.05, 3.63) is 59.2 Å². The van der Waals surface area contributed by atoms with Crippen molar-refractivity contribution in [3.63, 3.8) is 0 Å². The number of fused-ring (bicyclic) bond motifs is 3. The number of carbonyl (C=O) groups is 5. The minimum atomic E-state index is -3.00. The molecular formula is C33H38N4O8. The number of likely N-dealkylation sites (tertiary alicyclic amines) is 1. The van der Waals surface area contributed by atoms with Crippen LogP contribution in [0.15, 0.2) is 42.5 Å². The van der Waals surface area contributed by atoms with Gasteiger partial charge in [0, 0.05) is 31.6 Å². The largest absolute Gasteiger partial charge is 0.505 e. The summed E-state index contributed by atoms with van der Waals surface area (Å²) in [6.07, 6.45) is -0.0463. The van der Waals surface area contributed by atoms with Crippen LogP contribution in [-0.2, 0) is 32.1 Å². The average molecular weight is 619 g/mol. The van der Waals surface area contributed by atoms with Crippen LogP contribution in [-0.4, -0.2) is 105 Å². The molecule has 45 heavy (non-hydrogen) atoms. The maximum absolute atomic E-state index is 14.0. The molecule has 12 nitrogen and oxygen atoms in total. The Labute approximate surface area is 260 Å². The van der Waals surface area contributed by atoms with E-state index in [2.05, 4.69) is 22.3 Å². The summed E-state index contributed by atoms with van der Waals surface area (Å²) in [5.41, 5.74) is 4.20. The van der Waals surface area contributed by atoms with Gasteiger partial charge in [0.05, 0.1) is 35.2 Å². The van der Waals surface area contributed by atoms with Gasteiger partial charge >= 0.3 is 0 Å². The van der Waals surface area contributed by atoms with Gasteiger partial charge in [0.25, 0.3) is 0 Å². The van der Waals surface area contributed by atoms with Crippen LogP contribution in [0.3, 0.4) is 0 Å². The van der Waals surface area contributed by atoms with Gasteiger partial charge in [-0.25, -0.2) is 0 Å². The van der Waals surface area contributed by atoms with E-state index in [1.54, 1.807) is 12.1 Å². The second kappa shape index (κ2) is 11.4. The summed E-state index contributed by atoms with van der Waals surface area (Å²) in [7, 11) is 2.92. The van der Waals surface area contributed by atoms with Gasteiger partial charge in [-0.1, -0.05) is 36.4 Å². The fourth-order valence-corrected chi connectivity index (χ4v) is 8.00. The van der Waals surface area contributed by atoms with E-state index < -0.39 is 70.5 Å². The van der Waals surface area contributed by atoms with Crippen molar-refractivity contribution in [1.29, 1.82) is 0 Å². The van der Waals surface area contributed by atoms with Crippen molar-refractivity contribution >= 4 is 34.7 Å². The number of aromatic hydroxyl groups is 1. The number of ketones is 4. The summed E-state index contributed by atoms with van der Waals surface area (Å²) >= 11 is 0. The molecule has 4 aliphatic rings. The highest BCUT2D eigenvalue weighted by molar-refractivity contribution is 6.32. The number of rotatable bonds is 6. The number of nitrogens with zero attached hydrogens (tertiary/aromatic N) is 2. The van der Waals surface area contributed by atoms with E-state index in [1.807, 2.05) is 18.2 Å².